The average Bonchev–Trinajstić information content (AvgIpc) is 2.85. The van der Waals surface area contributed by atoms with Crippen molar-refractivity contribution in [3.05, 3.63) is 65.2 Å². The van der Waals surface area contributed by atoms with Crippen molar-refractivity contribution >= 4 is 33.9 Å². The second kappa shape index (κ2) is 11.9. The van der Waals surface area contributed by atoms with E-state index in [4.69, 9.17) is 4.74 Å². The fourth-order valence-corrected chi connectivity index (χ4v) is 4.41. The summed E-state index contributed by atoms with van der Waals surface area (Å²) in [4.78, 5) is 37.2. The van der Waals surface area contributed by atoms with Crippen LogP contribution in [0.1, 0.15) is 21.5 Å². The van der Waals surface area contributed by atoms with E-state index < -0.39 is 51.7 Å². The van der Waals surface area contributed by atoms with Gasteiger partial charge < -0.3 is 14.4 Å². The minimum Gasteiger partial charge on any atom is -0.457 e. The molecule has 2 N–H and O–H groups in total. The molecule has 0 spiro atoms. The SMILES string of the molecule is Cc1cccc(C(=O)OCc2ccccc2)c1S(=O)(=O)NC(=O)Nc1nc(OCC(F)(F)F)nc(N(C)C)n1. The standard InChI is InChI=1S/C23H23F3N6O6S/c1-14-8-7-11-16(18(33)37-12-15-9-5-4-6-10-15)17(14)39(35,36)31-21(34)28-19-27-20(32(2)3)30-22(29-19)38-13-23(24,25)26/h4-11H,12-13H2,1-3H3,(H2,27,28,29,30,31,34). The first kappa shape index (κ1) is 29.1. The second-order valence-corrected chi connectivity index (χ2v) is 9.73. The van der Waals surface area contributed by atoms with E-state index in [1.807, 2.05) is 5.32 Å². The number of sulfonamides is 1. The van der Waals surface area contributed by atoms with E-state index in [2.05, 4.69) is 19.7 Å². The summed E-state index contributed by atoms with van der Waals surface area (Å²) in [6.07, 6.45) is -4.68. The van der Waals surface area contributed by atoms with Crippen molar-refractivity contribution < 1.29 is 40.7 Å². The number of alkyl halides is 3. The first-order valence-corrected chi connectivity index (χ1v) is 12.5. The average molecular weight is 569 g/mol. The van der Waals surface area contributed by atoms with Crippen LogP contribution in [-0.4, -0.2) is 62.2 Å². The molecule has 2 amide bonds. The lowest BCUT2D eigenvalue weighted by molar-refractivity contribution is -0.154. The van der Waals surface area contributed by atoms with Gasteiger partial charge in [0.05, 0.1) is 5.56 Å². The van der Waals surface area contributed by atoms with Gasteiger partial charge in [-0.2, -0.15) is 28.1 Å². The predicted octanol–water partition coefficient (Wildman–Crippen LogP) is 3.05. The van der Waals surface area contributed by atoms with Crippen LogP contribution in [0.15, 0.2) is 53.4 Å². The minimum atomic E-state index is -4.68. The van der Waals surface area contributed by atoms with Crippen LogP contribution in [0.3, 0.4) is 0 Å². The predicted molar refractivity (Wildman–Crippen MR) is 132 cm³/mol. The van der Waals surface area contributed by atoms with Gasteiger partial charge in [0.15, 0.2) is 6.61 Å². The monoisotopic (exact) mass is 568 g/mol. The summed E-state index contributed by atoms with van der Waals surface area (Å²) in [5.74, 6) is -1.71. The number of carbonyl (C=O) groups excluding carboxylic acids is 2. The first-order valence-electron chi connectivity index (χ1n) is 11.0. The molecular formula is C23H23F3N6O6S. The Kier molecular flexibility index (Phi) is 8.90. The zero-order valence-electron chi connectivity index (χ0n) is 20.8. The lowest BCUT2D eigenvalue weighted by atomic mass is 10.1. The summed E-state index contributed by atoms with van der Waals surface area (Å²) in [7, 11) is -1.73. The van der Waals surface area contributed by atoms with Crippen LogP contribution >= 0.6 is 0 Å². The maximum absolute atomic E-state index is 13.1. The summed E-state index contributed by atoms with van der Waals surface area (Å²) in [5.41, 5.74) is 0.500. The molecule has 0 unspecified atom stereocenters. The Morgan fingerprint density at radius 1 is 1.00 bits per heavy atom. The molecule has 0 fully saturated rings. The lowest BCUT2D eigenvalue weighted by Gasteiger charge is -2.15. The van der Waals surface area contributed by atoms with Gasteiger partial charge in [-0.1, -0.05) is 42.5 Å². The Balaban J connectivity index is 1.80. The third-order valence-corrected chi connectivity index (χ3v) is 6.27. The van der Waals surface area contributed by atoms with Crippen molar-refractivity contribution in [3.8, 4) is 6.01 Å². The highest BCUT2D eigenvalue weighted by atomic mass is 32.2. The molecule has 3 rings (SSSR count). The van der Waals surface area contributed by atoms with Gasteiger partial charge in [-0.15, -0.1) is 0 Å². The largest absolute Gasteiger partial charge is 0.457 e. The quantitative estimate of drug-likeness (QED) is 0.368. The molecule has 0 aliphatic carbocycles. The molecule has 0 atom stereocenters. The summed E-state index contributed by atoms with van der Waals surface area (Å²) in [5, 5.41) is 2.02. The van der Waals surface area contributed by atoms with Crippen LogP contribution in [0.4, 0.5) is 29.9 Å². The van der Waals surface area contributed by atoms with Gasteiger partial charge in [0, 0.05) is 14.1 Å². The molecule has 12 nitrogen and oxygen atoms in total. The van der Waals surface area contributed by atoms with Crippen LogP contribution in [0.5, 0.6) is 6.01 Å². The van der Waals surface area contributed by atoms with E-state index in [0.717, 1.165) is 0 Å². The number of urea groups is 1. The summed E-state index contributed by atoms with van der Waals surface area (Å²) < 4.78 is 75.3. The summed E-state index contributed by atoms with van der Waals surface area (Å²) in [6.45, 7) is -0.409. The molecule has 0 radical (unpaired) electrons. The fraction of sp³-hybridized carbons (Fsp3) is 0.261. The number of nitrogens with one attached hydrogen (secondary N) is 2. The molecule has 3 aromatic rings. The van der Waals surface area contributed by atoms with Gasteiger partial charge in [-0.05, 0) is 24.1 Å². The van der Waals surface area contributed by atoms with Gasteiger partial charge in [-0.25, -0.2) is 22.7 Å². The fourth-order valence-electron chi connectivity index (χ4n) is 3.08. The molecule has 0 aliphatic heterocycles. The van der Waals surface area contributed by atoms with Gasteiger partial charge in [0.25, 0.3) is 10.0 Å². The molecule has 0 saturated heterocycles. The Bertz CT molecular complexity index is 1450. The molecule has 0 aliphatic rings. The maximum atomic E-state index is 13.1. The number of rotatable bonds is 9. The number of esters is 1. The highest BCUT2D eigenvalue weighted by molar-refractivity contribution is 7.90. The first-order chi connectivity index (χ1) is 18.2. The molecule has 0 saturated carbocycles. The van der Waals surface area contributed by atoms with Crippen LogP contribution in [0.2, 0.25) is 0 Å². The molecule has 39 heavy (non-hydrogen) atoms. The third-order valence-electron chi connectivity index (χ3n) is 4.73. The van der Waals surface area contributed by atoms with E-state index in [0.29, 0.717) is 5.56 Å². The topological polar surface area (TPSA) is 153 Å². The van der Waals surface area contributed by atoms with Crippen LogP contribution in [0.25, 0.3) is 0 Å². The highest BCUT2D eigenvalue weighted by Gasteiger charge is 2.30. The van der Waals surface area contributed by atoms with Crippen molar-refractivity contribution in [2.24, 2.45) is 0 Å². The number of aromatic nitrogens is 3. The normalized spacial score (nSPS) is 11.4. The zero-order chi connectivity index (χ0) is 28.8. The summed E-state index contributed by atoms with van der Waals surface area (Å²) >= 11 is 0. The van der Waals surface area contributed by atoms with E-state index >= 15 is 0 Å². The molecule has 1 heterocycles. The van der Waals surface area contributed by atoms with Crippen molar-refractivity contribution in [2.75, 3.05) is 30.9 Å². The molecule has 1 aromatic heterocycles. The smallest absolute Gasteiger partial charge is 0.422 e. The van der Waals surface area contributed by atoms with Crippen LogP contribution in [-0.2, 0) is 21.4 Å². The maximum Gasteiger partial charge on any atom is 0.422 e. The summed E-state index contributed by atoms with van der Waals surface area (Å²) in [6, 6.07) is 10.7. The number of carbonyl (C=O) groups is 2. The molecular weight excluding hydrogens is 545 g/mol. The molecule has 16 heteroatoms. The van der Waals surface area contributed by atoms with Crippen molar-refractivity contribution in [1.82, 2.24) is 19.7 Å². The molecule has 208 valence electrons. The number of hydrogen-bond acceptors (Lipinski definition) is 10. The van der Waals surface area contributed by atoms with E-state index in [9.17, 15) is 31.2 Å². The minimum absolute atomic E-state index is 0.118. The van der Waals surface area contributed by atoms with Crippen molar-refractivity contribution in [1.29, 1.82) is 0 Å². The van der Waals surface area contributed by atoms with Gasteiger partial charge >= 0.3 is 24.2 Å². The van der Waals surface area contributed by atoms with E-state index in [1.165, 1.54) is 44.1 Å². The Morgan fingerprint density at radius 2 is 1.69 bits per heavy atom. The third kappa shape index (κ3) is 8.26. The number of benzene rings is 2. The van der Waals surface area contributed by atoms with Gasteiger partial charge in [0.1, 0.15) is 11.5 Å². The number of amides is 2. The molecule has 2 aromatic carbocycles. The number of aryl methyl sites for hydroxylation is 1. The Hall–Kier alpha value is -4.47. The number of hydrogen-bond donors (Lipinski definition) is 2. The Labute approximate surface area is 221 Å². The Morgan fingerprint density at radius 3 is 2.33 bits per heavy atom. The van der Waals surface area contributed by atoms with Gasteiger partial charge in [-0.3, -0.25) is 5.32 Å². The second-order valence-electron chi connectivity index (χ2n) is 8.11. The van der Waals surface area contributed by atoms with Gasteiger partial charge in [0.2, 0.25) is 11.9 Å². The van der Waals surface area contributed by atoms with Crippen LogP contribution < -0.4 is 19.7 Å². The van der Waals surface area contributed by atoms with Crippen LogP contribution in [0, 0.1) is 6.92 Å². The number of anilines is 2. The number of nitrogens with zero attached hydrogens (tertiary/aromatic N) is 4. The number of ether oxygens (including phenoxy) is 2. The molecule has 0 bridgehead atoms. The zero-order valence-corrected chi connectivity index (χ0v) is 21.6. The van der Waals surface area contributed by atoms with Crippen molar-refractivity contribution in [2.45, 2.75) is 24.6 Å². The number of halogens is 3. The van der Waals surface area contributed by atoms with E-state index in [1.54, 1.807) is 35.1 Å². The lowest BCUT2D eigenvalue weighted by Crippen LogP contribution is -2.36. The highest BCUT2D eigenvalue weighted by Crippen LogP contribution is 2.22. The van der Waals surface area contributed by atoms with E-state index in [-0.39, 0.29) is 23.7 Å². The van der Waals surface area contributed by atoms with Crippen molar-refractivity contribution in [3.63, 3.8) is 0 Å².